The second kappa shape index (κ2) is 19.2. The summed E-state index contributed by atoms with van der Waals surface area (Å²) in [5.41, 5.74) is 1.37. The van der Waals surface area contributed by atoms with Crippen LogP contribution in [-0.2, 0) is 61.2 Å². The van der Waals surface area contributed by atoms with E-state index in [2.05, 4.69) is 10.6 Å². The van der Waals surface area contributed by atoms with Crippen molar-refractivity contribution in [1.82, 2.24) is 10.6 Å². The average Bonchev–Trinajstić information content (AvgIpc) is 3.08. The molecule has 0 bridgehead atoms. The van der Waals surface area contributed by atoms with Crippen LogP contribution in [0.5, 0.6) is 0 Å². The summed E-state index contributed by atoms with van der Waals surface area (Å²) in [6.07, 6.45) is -2.21. The molecule has 0 heterocycles. The second-order valence-corrected chi connectivity index (χ2v) is 14.7. The van der Waals surface area contributed by atoms with Gasteiger partial charge in [0.15, 0.2) is 9.84 Å². The Morgan fingerprint density at radius 1 is 0.706 bits per heavy atom. The molecule has 0 aromatic heterocycles. The number of alkyl carbamates (subject to hydrolysis) is 1. The molecule has 51 heavy (non-hydrogen) atoms. The topological polar surface area (TPSA) is 180 Å². The summed E-state index contributed by atoms with van der Waals surface area (Å²) in [4.78, 5) is 64.9. The van der Waals surface area contributed by atoms with Crippen molar-refractivity contribution < 1.29 is 51.3 Å². The van der Waals surface area contributed by atoms with Crippen molar-refractivity contribution >= 4 is 39.7 Å². The Labute approximate surface area is 297 Å². The number of rotatable bonds is 17. The lowest BCUT2D eigenvalue weighted by Crippen LogP contribution is -2.53. The molecule has 3 rings (SSSR count). The van der Waals surface area contributed by atoms with Crippen LogP contribution in [0.1, 0.15) is 56.7 Å². The Morgan fingerprint density at radius 2 is 1.25 bits per heavy atom. The summed E-state index contributed by atoms with van der Waals surface area (Å²) in [6.45, 7) is 5.97. The first kappa shape index (κ1) is 40.2. The van der Waals surface area contributed by atoms with E-state index in [0.717, 1.165) is 11.1 Å². The number of nitrogens with one attached hydrogen (secondary N) is 2. The van der Waals surface area contributed by atoms with Crippen molar-refractivity contribution in [2.75, 3.05) is 12.4 Å². The Kier molecular flexibility index (Phi) is 15.2. The number of aryl methyl sites for hydroxylation is 1. The lowest BCUT2D eigenvalue weighted by atomic mass is 10.1. The molecule has 2 N–H and O–H groups in total. The van der Waals surface area contributed by atoms with E-state index < -0.39 is 76.2 Å². The smallest absolute Gasteiger partial charge is 0.408 e. The lowest BCUT2D eigenvalue weighted by Gasteiger charge is -2.25. The Bertz CT molecular complexity index is 1720. The molecule has 3 aromatic carbocycles. The van der Waals surface area contributed by atoms with Crippen LogP contribution < -0.4 is 10.6 Å². The minimum Gasteiger partial charge on any atom is -0.463 e. The van der Waals surface area contributed by atoms with Crippen LogP contribution in [0.25, 0.3) is 0 Å². The monoisotopic (exact) mass is 724 g/mol. The molecular weight excluding hydrogens is 680 g/mol. The van der Waals surface area contributed by atoms with Gasteiger partial charge < -0.3 is 29.6 Å². The molecule has 274 valence electrons. The van der Waals surface area contributed by atoms with Crippen LogP contribution in [0.15, 0.2) is 89.8 Å². The molecule has 2 amide bonds. The Hall–Kier alpha value is -5.24. The van der Waals surface area contributed by atoms with E-state index in [4.69, 9.17) is 18.9 Å². The molecule has 13 nitrogen and oxygen atoms in total. The first-order valence-electron chi connectivity index (χ1n) is 16.3. The fourth-order valence-corrected chi connectivity index (χ4v) is 5.53. The maximum atomic E-state index is 13.6. The first-order chi connectivity index (χ1) is 24.1. The van der Waals surface area contributed by atoms with Gasteiger partial charge in [-0.3, -0.25) is 14.4 Å². The van der Waals surface area contributed by atoms with Gasteiger partial charge in [0.25, 0.3) is 0 Å². The summed E-state index contributed by atoms with van der Waals surface area (Å²) in [7, 11) is -3.83. The van der Waals surface area contributed by atoms with Crippen molar-refractivity contribution in [3.8, 4) is 0 Å². The number of ether oxygens (including phenoxy) is 4. The number of carbonyl (C=O) groups is 5. The number of carbonyl (C=O) groups excluding carboxylic acids is 5. The number of hydrogen-bond donors (Lipinski definition) is 2. The van der Waals surface area contributed by atoms with Gasteiger partial charge in [-0.15, -0.1) is 0 Å². The fraction of sp³-hybridized carbons (Fsp3) is 0.378. The quantitative estimate of drug-likeness (QED) is 0.149. The molecule has 3 aromatic rings. The highest BCUT2D eigenvalue weighted by Gasteiger charge is 2.32. The summed E-state index contributed by atoms with van der Waals surface area (Å²) in [5, 5.41) is 4.80. The number of amides is 2. The van der Waals surface area contributed by atoms with Gasteiger partial charge in [0.1, 0.15) is 37.5 Å². The van der Waals surface area contributed by atoms with Gasteiger partial charge in [-0.25, -0.2) is 18.0 Å². The molecule has 0 saturated heterocycles. The van der Waals surface area contributed by atoms with Gasteiger partial charge in [-0.2, -0.15) is 0 Å². The summed E-state index contributed by atoms with van der Waals surface area (Å²) in [5.74, 6) is -4.14. The summed E-state index contributed by atoms with van der Waals surface area (Å²) < 4.78 is 46.7. The third-order valence-corrected chi connectivity index (χ3v) is 8.77. The SMILES string of the molecule is Cc1ccc(S(=O)(=O)CCOC(=O)[C@H](CC(=O)OCc2ccccc2)NC(=O)[C@H](CCC(=O)OCc2ccccc2)NC(=O)OC(C)(C)C)cc1. The van der Waals surface area contributed by atoms with Crippen LogP contribution in [0.2, 0.25) is 0 Å². The molecule has 0 fully saturated rings. The van der Waals surface area contributed by atoms with E-state index in [1.54, 1.807) is 87.5 Å². The first-order valence-corrected chi connectivity index (χ1v) is 17.9. The summed E-state index contributed by atoms with van der Waals surface area (Å²) in [6, 6.07) is 20.8. The van der Waals surface area contributed by atoms with Crippen LogP contribution in [0.4, 0.5) is 4.79 Å². The minimum absolute atomic E-state index is 0.00529. The van der Waals surface area contributed by atoms with Gasteiger partial charge in [0.2, 0.25) is 5.91 Å². The molecule has 0 aliphatic rings. The number of sulfone groups is 1. The Balaban J connectivity index is 1.72. The van der Waals surface area contributed by atoms with Gasteiger partial charge >= 0.3 is 24.0 Å². The van der Waals surface area contributed by atoms with E-state index in [0.29, 0.717) is 5.56 Å². The predicted octanol–water partition coefficient (Wildman–Crippen LogP) is 4.35. The fourth-order valence-electron chi connectivity index (χ4n) is 4.44. The lowest BCUT2D eigenvalue weighted by molar-refractivity contribution is -0.154. The van der Waals surface area contributed by atoms with Crippen molar-refractivity contribution in [3.63, 3.8) is 0 Å². The molecule has 0 radical (unpaired) electrons. The molecular formula is C37H44N2O11S. The van der Waals surface area contributed by atoms with E-state index >= 15 is 0 Å². The van der Waals surface area contributed by atoms with E-state index in [-0.39, 0.29) is 31.0 Å². The maximum absolute atomic E-state index is 13.6. The zero-order valence-corrected chi connectivity index (χ0v) is 29.9. The van der Waals surface area contributed by atoms with Crippen LogP contribution >= 0.6 is 0 Å². The zero-order valence-electron chi connectivity index (χ0n) is 29.1. The van der Waals surface area contributed by atoms with E-state index in [9.17, 15) is 32.4 Å². The molecule has 0 saturated carbocycles. The standard InChI is InChI=1S/C37H44N2O11S/c1-26-15-17-29(18-16-26)51(45,46)22-21-47-35(43)31(23-33(41)49-25-28-13-9-6-10-14-28)38-34(42)30(39-36(44)50-37(2,3)4)19-20-32(40)48-24-27-11-7-5-8-12-27/h5-18,30-31H,19-25H2,1-4H3,(H,38,42)(H,39,44)/t30-,31-/m0/s1. The van der Waals surface area contributed by atoms with E-state index in [1.807, 2.05) is 13.0 Å². The van der Waals surface area contributed by atoms with Crippen LogP contribution in [-0.4, -0.2) is 68.4 Å². The van der Waals surface area contributed by atoms with E-state index in [1.165, 1.54) is 12.1 Å². The average molecular weight is 725 g/mol. The van der Waals surface area contributed by atoms with Gasteiger partial charge in [-0.05, 0) is 57.4 Å². The van der Waals surface area contributed by atoms with Crippen LogP contribution in [0.3, 0.4) is 0 Å². The molecule has 0 aliphatic heterocycles. The molecule has 0 unspecified atom stereocenters. The predicted molar refractivity (Wildman–Crippen MR) is 186 cm³/mol. The van der Waals surface area contributed by atoms with Crippen molar-refractivity contribution in [2.24, 2.45) is 0 Å². The third kappa shape index (κ3) is 15.0. The number of hydrogen-bond acceptors (Lipinski definition) is 11. The number of esters is 3. The molecule has 0 aliphatic carbocycles. The van der Waals surface area contributed by atoms with Crippen molar-refractivity contribution in [2.45, 2.75) is 82.8 Å². The van der Waals surface area contributed by atoms with Gasteiger partial charge in [-0.1, -0.05) is 78.4 Å². The summed E-state index contributed by atoms with van der Waals surface area (Å²) >= 11 is 0. The second-order valence-electron chi connectivity index (χ2n) is 12.6. The highest BCUT2D eigenvalue weighted by atomic mass is 32.2. The zero-order chi connectivity index (χ0) is 37.4. The largest absolute Gasteiger partial charge is 0.463 e. The van der Waals surface area contributed by atoms with Gasteiger partial charge in [0.05, 0.1) is 17.1 Å². The minimum atomic E-state index is -3.83. The van der Waals surface area contributed by atoms with Crippen molar-refractivity contribution in [3.05, 3.63) is 102 Å². The molecule has 2 atom stereocenters. The highest BCUT2D eigenvalue weighted by molar-refractivity contribution is 7.91. The number of benzene rings is 3. The van der Waals surface area contributed by atoms with Crippen LogP contribution in [0, 0.1) is 6.92 Å². The highest BCUT2D eigenvalue weighted by Crippen LogP contribution is 2.14. The molecule has 14 heteroatoms. The molecule has 0 spiro atoms. The third-order valence-electron chi connectivity index (χ3n) is 7.08. The Morgan fingerprint density at radius 3 is 1.80 bits per heavy atom. The van der Waals surface area contributed by atoms with Gasteiger partial charge in [0, 0.05) is 6.42 Å². The normalized spacial score (nSPS) is 12.5. The maximum Gasteiger partial charge on any atom is 0.408 e. The van der Waals surface area contributed by atoms with Crippen molar-refractivity contribution in [1.29, 1.82) is 0 Å².